The van der Waals surface area contributed by atoms with Gasteiger partial charge < -0.3 is 4.57 Å². The topological polar surface area (TPSA) is 30.7 Å². The summed E-state index contributed by atoms with van der Waals surface area (Å²) < 4.78 is 2.38. The Morgan fingerprint density at radius 2 is 0.980 bits per heavy atom. The molecule has 3 nitrogen and oxygen atoms in total. The highest BCUT2D eigenvalue weighted by atomic mass is 15.0. The van der Waals surface area contributed by atoms with E-state index in [1.807, 2.05) is 12.3 Å². The van der Waals surface area contributed by atoms with Gasteiger partial charge in [0.15, 0.2) is 0 Å². The van der Waals surface area contributed by atoms with Crippen LogP contribution in [0.5, 0.6) is 0 Å². The zero-order valence-corrected chi connectivity index (χ0v) is 27.6. The third-order valence-corrected chi connectivity index (χ3v) is 10.6. The molecule has 0 amide bonds. The van der Waals surface area contributed by atoms with E-state index in [1.165, 1.54) is 65.6 Å². The molecule has 3 heteroatoms. The number of pyridine rings is 2. The van der Waals surface area contributed by atoms with E-state index >= 15 is 0 Å². The maximum Gasteiger partial charge on any atom is 0.0978 e. The van der Waals surface area contributed by atoms with Crippen LogP contribution in [-0.2, 0) is 0 Å². The molecule has 0 unspecified atom stereocenters. The van der Waals surface area contributed by atoms with Crippen LogP contribution in [-0.4, -0.2) is 14.5 Å². The normalized spacial score (nSPS) is 11.9. The average molecular weight is 648 g/mol. The Morgan fingerprint density at radius 1 is 0.373 bits per heavy atom. The second-order valence-electron chi connectivity index (χ2n) is 13.3. The molecule has 0 aliphatic rings. The molecule has 0 aliphatic heterocycles. The van der Waals surface area contributed by atoms with Crippen LogP contribution in [0.3, 0.4) is 0 Å². The quantitative estimate of drug-likeness (QED) is 0.141. The summed E-state index contributed by atoms with van der Waals surface area (Å²) in [6.45, 7) is 0. The Balaban J connectivity index is 1.27. The first-order valence-electron chi connectivity index (χ1n) is 17.4. The molecule has 11 rings (SSSR count). The molecule has 0 radical (unpaired) electrons. The zero-order valence-electron chi connectivity index (χ0n) is 27.6. The molecular formula is C48H29N3. The van der Waals surface area contributed by atoms with Crippen molar-refractivity contribution in [3.63, 3.8) is 0 Å². The predicted octanol–water partition coefficient (Wildman–Crippen LogP) is 12.7. The smallest absolute Gasteiger partial charge is 0.0978 e. The summed E-state index contributed by atoms with van der Waals surface area (Å²) in [4.78, 5) is 10.1. The number of rotatable bonds is 3. The van der Waals surface area contributed by atoms with Crippen molar-refractivity contribution in [2.75, 3.05) is 0 Å². The van der Waals surface area contributed by atoms with Crippen LogP contribution < -0.4 is 0 Å². The fraction of sp³-hybridized carbons (Fsp3) is 0. The number of para-hydroxylation sites is 3. The van der Waals surface area contributed by atoms with Crippen LogP contribution >= 0.6 is 0 Å². The van der Waals surface area contributed by atoms with Crippen LogP contribution in [0.2, 0.25) is 0 Å². The van der Waals surface area contributed by atoms with Gasteiger partial charge in [0, 0.05) is 44.4 Å². The van der Waals surface area contributed by atoms with E-state index in [0.717, 1.165) is 38.4 Å². The van der Waals surface area contributed by atoms with Crippen molar-refractivity contribution in [3.05, 3.63) is 176 Å². The summed E-state index contributed by atoms with van der Waals surface area (Å²) in [6, 6.07) is 61.4. The molecular weight excluding hydrogens is 619 g/mol. The molecule has 0 aliphatic carbocycles. The summed E-state index contributed by atoms with van der Waals surface area (Å²) in [5, 5.41) is 10.7. The lowest BCUT2D eigenvalue weighted by atomic mass is 9.83. The highest BCUT2D eigenvalue weighted by Crippen LogP contribution is 2.48. The zero-order chi connectivity index (χ0) is 33.5. The largest absolute Gasteiger partial charge is 0.309 e. The predicted molar refractivity (Wildman–Crippen MR) is 215 cm³/mol. The molecule has 3 aromatic heterocycles. The van der Waals surface area contributed by atoms with E-state index in [0.29, 0.717) is 0 Å². The lowest BCUT2D eigenvalue weighted by Gasteiger charge is -2.20. The molecule has 236 valence electrons. The van der Waals surface area contributed by atoms with E-state index in [1.54, 1.807) is 0 Å². The highest BCUT2D eigenvalue weighted by molar-refractivity contribution is 6.28. The summed E-state index contributed by atoms with van der Waals surface area (Å²) in [5.41, 5.74) is 11.3. The van der Waals surface area contributed by atoms with Gasteiger partial charge in [-0.1, -0.05) is 127 Å². The molecule has 0 atom stereocenters. The third kappa shape index (κ3) is 4.06. The number of aromatic nitrogens is 3. The van der Waals surface area contributed by atoms with Gasteiger partial charge in [-0.05, 0) is 80.7 Å². The van der Waals surface area contributed by atoms with Gasteiger partial charge in [0.25, 0.3) is 0 Å². The second-order valence-corrected chi connectivity index (χ2v) is 13.3. The standard InChI is InChI=1S/C48H29N3/c1-2-14-32(15-3-1)51-42-23-11-9-16-33(42)40-29-31(25-27-43(40)51)44-34-17-4-6-19-36(34)45(37-20-7-5-18-35(37)44)46-38-21-8-10-22-41(38)50-48-39(46)26-24-30-13-12-28-49-47(30)48/h1-29H. The van der Waals surface area contributed by atoms with Gasteiger partial charge in [-0.2, -0.15) is 0 Å². The third-order valence-electron chi connectivity index (χ3n) is 10.6. The first-order valence-corrected chi connectivity index (χ1v) is 17.4. The van der Waals surface area contributed by atoms with Gasteiger partial charge in [0.2, 0.25) is 0 Å². The molecule has 0 bridgehead atoms. The minimum Gasteiger partial charge on any atom is -0.309 e. The van der Waals surface area contributed by atoms with Crippen molar-refractivity contribution < 1.29 is 0 Å². The van der Waals surface area contributed by atoms with Crippen molar-refractivity contribution in [3.8, 4) is 27.9 Å². The van der Waals surface area contributed by atoms with Gasteiger partial charge in [-0.3, -0.25) is 4.98 Å². The Bertz CT molecular complexity index is 3140. The van der Waals surface area contributed by atoms with E-state index in [2.05, 4.69) is 168 Å². The lowest BCUT2D eigenvalue weighted by molar-refractivity contribution is 1.18. The maximum absolute atomic E-state index is 5.23. The van der Waals surface area contributed by atoms with Gasteiger partial charge in [0.1, 0.15) is 0 Å². The number of hydrogen-bond acceptors (Lipinski definition) is 2. The lowest BCUT2D eigenvalue weighted by Crippen LogP contribution is -1.95. The maximum atomic E-state index is 5.23. The number of benzene rings is 8. The SMILES string of the molecule is c1ccc(-n2c3ccccc3c3cc(-c4c5ccccc5c(-c5c6ccccc6nc6c5ccc5cccnc56)c5ccccc45)ccc32)cc1. The van der Waals surface area contributed by atoms with E-state index in [-0.39, 0.29) is 0 Å². The van der Waals surface area contributed by atoms with Crippen molar-refractivity contribution in [2.24, 2.45) is 0 Å². The molecule has 8 aromatic carbocycles. The number of nitrogens with zero attached hydrogens (tertiary/aromatic N) is 3. The van der Waals surface area contributed by atoms with Crippen molar-refractivity contribution in [1.29, 1.82) is 0 Å². The fourth-order valence-electron chi connectivity index (χ4n) is 8.45. The second kappa shape index (κ2) is 10.8. The van der Waals surface area contributed by atoms with Gasteiger partial charge >= 0.3 is 0 Å². The van der Waals surface area contributed by atoms with Crippen LogP contribution in [0.4, 0.5) is 0 Å². The number of fused-ring (bicyclic) bond motifs is 9. The highest BCUT2D eigenvalue weighted by Gasteiger charge is 2.22. The van der Waals surface area contributed by atoms with Crippen LogP contribution in [0.1, 0.15) is 0 Å². The first-order chi connectivity index (χ1) is 25.3. The molecule has 0 saturated heterocycles. The van der Waals surface area contributed by atoms with E-state index < -0.39 is 0 Å². The van der Waals surface area contributed by atoms with Crippen LogP contribution in [0.25, 0.3) is 104 Å². The number of hydrogen-bond donors (Lipinski definition) is 0. The average Bonchev–Trinajstić information content (AvgIpc) is 3.53. The van der Waals surface area contributed by atoms with Crippen LogP contribution in [0, 0.1) is 0 Å². The molecule has 3 heterocycles. The summed E-state index contributed by atoms with van der Waals surface area (Å²) >= 11 is 0. The monoisotopic (exact) mass is 647 g/mol. The van der Waals surface area contributed by atoms with Crippen LogP contribution in [0.15, 0.2) is 176 Å². The molecule has 51 heavy (non-hydrogen) atoms. The van der Waals surface area contributed by atoms with Gasteiger partial charge in [0.05, 0.1) is 27.6 Å². The summed E-state index contributed by atoms with van der Waals surface area (Å²) in [5.74, 6) is 0. The Labute approximate surface area is 293 Å². The molecule has 0 spiro atoms. The molecule has 0 fully saturated rings. The van der Waals surface area contributed by atoms with E-state index in [4.69, 9.17) is 9.97 Å². The minimum absolute atomic E-state index is 0.926. The molecule has 11 aromatic rings. The summed E-state index contributed by atoms with van der Waals surface area (Å²) in [6.07, 6.45) is 1.87. The Kier molecular flexibility index (Phi) is 5.96. The van der Waals surface area contributed by atoms with Gasteiger partial charge in [-0.15, -0.1) is 0 Å². The fourth-order valence-corrected chi connectivity index (χ4v) is 8.45. The Hall–Kier alpha value is -6.84. The van der Waals surface area contributed by atoms with E-state index in [9.17, 15) is 0 Å². The van der Waals surface area contributed by atoms with Crippen molar-refractivity contribution in [1.82, 2.24) is 14.5 Å². The minimum atomic E-state index is 0.926. The van der Waals surface area contributed by atoms with Gasteiger partial charge in [-0.25, -0.2) is 4.98 Å². The first kappa shape index (κ1) is 28.0. The molecule has 0 saturated carbocycles. The Morgan fingerprint density at radius 3 is 1.75 bits per heavy atom. The van der Waals surface area contributed by atoms with Crippen molar-refractivity contribution >= 4 is 76.1 Å². The van der Waals surface area contributed by atoms with Crippen molar-refractivity contribution in [2.45, 2.75) is 0 Å². The summed E-state index contributed by atoms with van der Waals surface area (Å²) in [7, 11) is 0. The molecule has 0 N–H and O–H groups in total.